The van der Waals surface area contributed by atoms with Crippen LogP contribution in [-0.4, -0.2) is 53.6 Å². The van der Waals surface area contributed by atoms with Gasteiger partial charge < -0.3 is 5.11 Å². The van der Waals surface area contributed by atoms with E-state index in [0.717, 1.165) is 12.2 Å². The molecule has 0 amide bonds. The van der Waals surface area contributed by atoms with E-state index in [-0.39, 0.29) is 18.6 Å². The van der Waals surface area contributed by atoms with Gasteiger partial charge in [-0.15, -0.1) is 0 Å². The molecule has 1 heterocycles. The van der Waals surface area contributed by atoms with Gasteiger partial charge in [-0.1, -0.05) is 6.92 Å². The van der Waals surface area contributed by atoms with E-state index in [1.165, 1.54) is 4.31 Å². The highest BCUT2D eigenvalue weighted by atomic mass is 32.2. The van der Waals surface area contributed by atoms with Gasteiger partial charge in [0.05, 0.1) is 5.75 Å². The van der Waals surface area contributed by atoms with Crippen molar-refractivity contribution in [3.05, 3.63) is 0 Å². The summed E-state index contributed by atoms with van der Waals surface area (Å²) in [5, 5.41) is 8.86. The normalized spacial score (nSPS) is 22.5. The second-order valence-electron chi connectivity index (χ2n) is 4.07. The Balaban J connectivity index is 2.48. The van der Waals surface area contributed by atoms with E-state index < -0.39 is 16.0 Å². The van der Waals surface area contributed by atoms with Gasteiger partial charge in [0.15, 0.2) is 0 Å². The van der Waals surface area contributed by atoms with Gasteiger partial charge in [0.2, 0.25) is 10.0 Å². The molecule has 0 aromatic carbocycles. The fraction of sp³-hybridized carbons (Fsp3) is 0.900. The predicted molar refractivity (Wildman–Crippen MR) is 68.8 cm³/mol. The lowest BCUT2D eigenvalue weighted by Gasteiger charge is -2.31. The molecular formula is C10H19NO4S2. The minimum absolute atomic E-state index is 0.0552. The molecule has 1 fully saturated rings. The summed E-state index contributed by atoms with van der Waals surface area (Å²) in [6, 6.07) is 0. The lowest BCUT2D eigenvalue weighted by atomic mass is 10.3. The Labute approximate surface area is 107 Å². The maximum Gasteiger partial charge on any atom is 0.303 e. The molecule has 17 heavy (non-hydrogen) atoms. The Bertz CT molecular complexity index is 355. The summed E-state index contributed by atoms with van der Waals surface area (Å²) in [7, 11) is -3.27. The van der Waals surface area contributed by atoms with E-state index in [4.69, 9.17) is 5.11 Å². The lowest BCUT2D eigenvalue weighted by molar-refractivity contribution is -0.137. The molecule has 1 N–H and O–H groups in total. The van der Waals surface area contributed by atoms with E-state index in [1.807, 2.05) is 11.8 Å². The van der Waals surface area contributed by atoms with Crippen LogP contribution in [0.5, 0.6) is 0 Å². The van der Waals surface area contributed by atoms with Crippen molar-refractivity contribution in [1.82, 2.24) is 4.31 Å². The van der Waals surface area contributed by atoms with Crippen LogP contribution in [0, 0.1) is 0 Å². The monoisotopic (exact) mass is 281 g/mol. The number of carboxylic acid groups (broad SMARTS) is 1. The summed E-state index contributed by atoms with van der Waals surface area (Å²) in [6.45, 7) is 3.17. The van der Waals surface area contributed by atoms with Crippen molar-refractivity contribution >= 4 is 27.8 Å². The first-order valence-corrected chi connectivity index (χ1v) is 8.42. The Morgan fingerprint density at radius 2 is 2.24 bits per heavy atom. The first-order valence-electron chi connectivity index (χ1n) is 5.77. The predicted octanol–water partition coefficient (Wildman–Crippen LogP) is 1.01. The van der Waals surface area contributed by atoms with Crippen molar-refractivity contribution in [2.75, 3.05) is 24.6 Å². The number of carboxylic acids is 1. The van der Waals surface area contributed by atoms with E-state index >= 15 is 0 Å². The number of hydrogen-bond donors (Lipinski definition) is 1. The van der Waals surface area contributed by atoms with Crippen LogP contribution in [0.2, 0.25) is 0 Å². The van der Waals surface area contributed by atoms with Crippen LogP contribution in [0.15, 0.2) is 0 Å². The first kappa shape index (κ1) is 14.8. The van der Waals surface area contributed by atoms with E-state index in [9.17, 15) is 13.2 Å². The van der Waals surface area contributed by atoms with E-state index in [1.54, 1.807) is 0 Å². The zero-order valence-corrected chi connectivity index (χ0v) is 11.6. The second-order valence-corrected chi connectivity index (χ2v) is 7.57. The molecule has 0 saturated carbocycles. The quantitative estimate of drug-likeness (QED) is 0.786. The third-order valence-corrected chi connectivity index (χ3v) is 6.04. The summed E-state index contributed by atoms with van der Waals surface area (Å²) in [5.74, 6) is -0.169. The zero-order chi connectivity index (χ0) is 12.9. The molecule has 1 aliphatic rings. The number of aliphatic carboxylic acids is 1. The fourth-order valence-corrected chi connectivity index (χ4v) is 4.66. The third kappa shape index (κ3) is 4.85. The molecular weight excluding hydrogens is 262 g/mol. The van der Waals surface area contributed by atoms with Gasteiger partial charge in [-0.3, -0.25) is 4.79 Å². The number of carbonyl (C=O) groups is 1. The zero-order valence-electron chi connectivity index (χ0n) is 9.96. The Morgan fingerprint density at radius 3 is 2.82 bits per heavy atom. The van der Waals surface area contributed by atoms with Gasteiger partial charge >= 0.3 is 5.97 Å². The molecule has 7 heteroatoms. The fourth-order valence-electron chi connectivity index (χ4n) is 1.73. The molecule has 100 valence electrons. The highest BCUT2D eigenvalue weighted by Crippen LogP contribution is 2.23. The number of thioether (sulfide) groups is 1. The van der Waals surface area contributed by atoms with Crippen LogP contribution in [-0.2, 0) is 14.8 Å². The largest absolute Gasteiger partial charge is 0.481 e. The molecule has 5 nitrogen and oxygen atoms in total. The smallest absolute Gasteiger partial charge is 0.303 e. The summed E-state index contributed by atoms with van der Waals surface area (Å²) in [6.07, 6.45) is 1.07. The van der Waals surface area contributed by atoms with Crippen molar-refractivity contribution in [2.45, 2.75) is 31.4 Å². The number of sulfonamides is 1. The maximum absolute atomic E-state index is 12.0. The summed E-state index contributed by atoms with van der Waals surface area (Å²) >= 11 is 1.81. The summed E-state index contributed by atoms with van der Waals surface area (Å²) < 4.78 is 25.4. The molecule has 1 unspecified atom stereocenters. The summed E-state index contributed by atoms with van der Waals surface area (Å²) in [4.78, 5) is 10.3. The first-order chi connectivity index (χ1) is 7.95. The number of nitrogens with zero attached hydrogens (tertiary/aromatic N) is 1. The molecule has 0 aliphatic carbocycles. The van der Waals surface area contributed by atoms with Crippen LogP contribution in [0.3, 0.4) is 0 Å². The lowest BCUT2D eigenvalue weighted by Crippen LogP contribution is -2.42. The molecule has 1 aliphatic heterocycles. The van der Waals surface area contributed by atoms with Crippen molar-refractivity contribution in [3.63, 3.8) is 0 Å². The number of hydrogen-bond acceptors (Lipinski definition) is 4. The van der Waals surface area contributed by atoms with Gasteiger partial charge in [0, 0.05) is 30.5 Å². The van der Waals surface area contributed by atoms with Crippen LogP contribution < -0.4 is 0 Å². The van der Waals surface area contributed by atoms with Crippen LogP contribution >= 0.6 is 11.8 Å². The second kappa shape index (κ2) is 6.61. The molecule has 0 bridgehead atoms. The highest BCUT2D eigenvalue weighted by molar-refractivity contribution is 8.00. The topological polar surface area (TPSA) is 74.7 Å². The van der Waals surface area contributed by atoms with Gasteiger partial charge in [0.1, 0.15) is 0 Å². The average molecular weight is 281 g/mol. The van der Waals surface area contributed by atoms with E-state index in [2.05, 4.69) is 6.92 Å². The Morgan fingerprint density at radius 1 is 1.53 bits per heavy atom. The average Bonchev–Trinajstić information content (AvgIpc) is 2.28. The maximum atomic E-state index is 12.0. The van der Waals surface area contributed by atoms with Crippen LogP contribution in [0.1, 0.15) is 26.2 Å². The van der Waals surface area contributed by atoms with Crippen molar-refractivity contribution in [3.8, 4) is 0 Å². The van der Waals surface area contributed by atoms with Crippen molar-refractivity contribution in [1.29, 1.82) is 0 Å². The van der Waals surface area contributed by atoms with Crippen LogP contribution in [0.25, 0.3) is 0 Å². The minimum Gasteiger partial charge on any atom is -0.481 e. The molecule has 0 aromatic rings. The van der Waals surface area contributed by atoms with Crippen LogP contribution in [0.4, 0.5) is 0 Å². The van der Waals surface area contributed by atoms with Gasteiger partial charge in [-0.25, -0.2) is 8.42 Å². The van der Waals surface area contributed by atoms with E-state index in [0.29, 0.717) is 18.3 Å². The van der Waals surface area contributed by atoms with Gasteiger partial charge in [0.25, 0.3) is 0 Å². The molecule has 1 saturated heterocycles. The third-order valence-electron chi connectivity index (χ3n) is 2.74. The highest BCUT2D eigenvalue weighted by Gasteiger charge is 2.28. The van der Waals surface area contributed by atoms with Crippen molar-refractivity contribution < 1.29 is 18.3 Å². The Kier molecular flexibility index (Phi) is 5.75. The molecule has 1 rings (SSSR count). The molecule has 0 aromatic heterocycles. The van der Waals surface area contributed by atoms with Gasteiger partial charge in [-0.05, 0) is 12.8 Å². The Hall–Kier alpha value is -0.270. The molecule has 0 spiro atoms. The SMILES string of the molecule is CCC1CN(S(=O)(=O)CCCC(=O)O)CCS1. The molecule has 0 radical (unpaired) electrons. The molecule has 1 atom stereocenters. The van der Waals surface area contributed by atoms with Crippen molar-refractivity contribution in [2.24, 2.45) is 0 Å². The summed E-state index contributed by atoms with van der Waals surface area (Å²) in [5.41, 5.74) is 0. The standard InChI is InChI=1S/C10H19NO4S2/c1-2-9-8-11(5-6-16-9)17(14,15)7-3-4-10(12)13/h9H,2-8H2,1H3,(H,12,13). The van der Waals surface area contributed by atoms with Gasteiger partial charge in [-0.2, -0.15) is 16.1 Å². The minimum atomic E-state index is -3.27. The number of rotatable bonds is 6.